The lowest BCUT2D eigenvalue weighted by atomic mass is 9.74. The molecule has 4 aromatic rings. The molecular formula is C33H31N3O5S. The van der Waals surface area contributed by atoms with Gasteiger partial charge in [0.25, 0.3) is 15.2 Å². The molecular weight excluding hydrogens is 550 g/mol. The molecule has 2 atom stereocenters. The predicted molar refractivity (Wildman–Crippen MR) is 157 cm³/mol. The third kappa shape index (κ3) is 5.32. The van der Waals surface area contributed by atoms with Crippen LogP contribution in [0.15, 0.2) is 109 Å². The van der Waals surface area contributed by atoms with Crippen molar-refractivity contribution in [3.05, 3.63) is 120 Å². The second-order valence-corrected chi connectivity index (χ2v) is 12.9. The third-order valence-corrected chi connectivity index (χ3v) is 9.79. The maximum Gasteiger partial charge on any atom is 0.318 e. The van der Waals surface area contributed by atoms with E-state index in [-0.39, 0.29) is 29.7 Å². The van der Waals surface area contributed by atoms with E-state index in [1.54, 1.807) is 24.3 Å². The number of anilines is 1. The first-order chi connectivity index (χ1) is 20.3. The van der Waals surface area contributed by atoms with Crippen LogP contribution in [0.4, 0.5) is 5.69 Å². The molecule has 2 fully saturated rings. The topological polar surface area (TPSA) is 107 Å². The maximum absolute atomic E-state index is 14.5. The number of ether oxygens (including phenoxy) is 1. The number of benzene rings is 3. The van der Waals surface area contributed by atoms with Gasteiger partial charge in [-0.15, -0.1) is 0 Å². The van der Waals surface area contributed by atoms with Gasteiger partial charge in [0.05, 0.1) is 5.69 Å². The van der Waals surface area contributed by atoms with E-state index in [1.807, 2.05) is 66.7 Å². The highest BCUT2D eigenvalue weighted by Crippen LogP contribution is 2.51. The molecule has 9 heteroatoms. The number of Topliss-reactive ketones (excluding diaryl/α,β-unsaturated/α-hetero) is 1. The summed E-state index contributed by atoms with van der Waals surface area (Å²) in [5.41, 5.74) is 1.62. The molecule has 214 valence electrons. The molecule has 0 amide bonds. The van der Waals surface area contributed by atoms with E-state index in [2.05, 4.69) is 9.97 Å². The van der Waals surface area contributed by atoms with Crippen LogP contribution in [-0.4, -0.2) is 42.8 Å². The molecule has 1 aliphatic heterocycles. The number of sulfonamides is 1. The summed E-state index contributed by atoms with van der Waals surface area (Å²) in [6, 6.07) is 27.8. The van der Waals surface area contributed by atoms with E-state index in [1.165, 1.54) is 19.4 Å². The Labute approximate surface area is 245 Å². The molecule has 2 heterocycles. The second-order valence-electron chi connectivity index (χ2n) is 11.0. The molecule has 1 aliphatic carbocycles. The first kappa shape index (κ1) is 27.8. The number of cyclic esters (lactones) is 1. The number of esters is 1. The Morgan fingerprint density at radius 2 is 1.45 bits per heavy atom. The van der Waals surface area contributed by atoms with Crippen molar-refractivity contribution >= 4 is 27.5 Å². The van der Waals surface area contributed by atoms with Gasteiger partial charge in [-0.3, -0.25) is 13.9 Å². The first-order valence-electron chi connectivity index (χ1n) is 14.0. The molecule has 42 heavy (non-hydrogen) atoms. The number of hydrogen-bond acceptors (Lipinski definition) is 7. The molecule has 0 radical (unpaired) electrons. The van der Waals surface area contributed by atoms with Crippen molar-refractivity contribution in [1.29, 1.82) is 0 Å². The number of hydrogen-bond donors (Lipinski definition) is 0. The van der Waals surface area contributed by atoms with Crippen molar-refractivity contribution in [2.45, 2.75) is 42.4 Å². The van der Waals surface area contributed by atoms with Crippen LogP contribution >= 0.6 is 0 Å². The highest BCUT2D eigenvalue weighted by Gasteiger charge is 2.59. The number of rotatable bonds is 10. The van der Waals surface area contributed by atoms with Crippen LogP contribution in [0.2, 0.25) is 0 Å². The number of carbonyl (C=O) groups excluding carboxylic acids is 2. The fraction of sp³-hybridized carbons (Fsp3) is 0.273. The number of ketones is 1. The zero-order valence-electron chi connectivity index (χ0n) is 23.2. The molecule has 0 bridgehead atoms. The molecule has 0 spiro atoms. The maximum atomic E-state index is 14.5. The molecule has 0 N–H and O–H groups in total. The van der Waals surface area contributed by atoms with E-state index in [4.69, 9.17) is 4.74 Å². The summed E-state index contributed by atoms with van der Waals surface area (Å²) in [4.78, 5) is 36.0. The highest BCUT2D eigenvalue weighted by atomic mass is 32.2. The Balaban J connectivity index is 1.36. The van der Waals surface area contributed by atoms with Gasteiger partial charge in [-0.1, -0.05) is 72.8 Å². The Morgan fingerprint density at radius 1 is 0.857 bits per heavy atom. The summed E-state index contributed by atoms with van der Waals surface area (Å²) in [7, 11) is -2.57. The quantitative estimate of drug-likeness (QED) is 0.151. The van der Waals surface area contributed by atoms with E-state index in [0.717, 1.165) is 33.8 Å². The van der Waals surface area contributed by atoms with Crippen LogP contribution < -0.4 is 4.31 Å². The monoisotopic (exact) mass is 581 g/mol. The van der Waals surface area contributed by atoms with Crippen LogP contribution in [0.25, 0.3) is 0 Å². The van der Waals surface area contributed by atoms with Crippen molar-refractivity contribution in [3.8, 4) is 0 Å². The van der Waals surface area contributed by atoms with Crippen LogP contribution in [0.5, 0.6) is 0 Å². The molecule has 6 rings (SSSR count). The normalized spacial score (nSPS) is 18.8. The molecule has 2 unspecified atom stereocenters. The van der Waals surface area contributed by atoms with Crippen molar-refractivity contribution < 1.29 is 22.7 Å². The Kier molecular flexibility index (Phi) is 7.36. The lowest BCUT2D eigenvalue weighted by Gasteiger charge is -2.28. The lowest BCUT2D eigenvalue weighted by Crippen LogP contribution is -2.43. The molecule has 1 saturated carbocycles. The number of nitrogens with zero attached hydrogens (tertiary/aromatic N) is 3. The Bertz CT molecular complexity index is 1650. The van der Waals surface area contributed by atoms with E-state index < -0.39 is 33.4 Å². The molecule has 3 aromatic carbocycles. The third-order valence-electron chi connectivity index (χ3n) is 8.19. The summed E-state index contributed by atoms with van der Waals surface area (Å²) in [5.74, 6) is -2.04. The first-order valence-corrected chi connectivity index (χ1v) is 15.4. The van der Waals surface area contributed by atoms with Gasteiger partial charge in [-0.25, -0.2) is 9.97 Å². The van der Waals surface area contributed by atoms with Crippen molar-refractivity contribution in [1.82, 2.24) is 9.97 Å². The van der Waals surface area contributed by atoms with Crippen molar-refractivity contribution in [3.63, 3.8) is 0 Å². The molecule has 8 nitrogen and oxygen atoms in total. The van der Waals surface area contributed by atoms with Gasteiger partial charge in [0.15, 0.2) is 11.4 Å². The SMILES string of the molecule is CN(c1cccc(C(C2CC2)C2C(=O)OC(Cc3ccccc3)(Cc3ccccc3)C2=O)c1)S(=O)(=O)c1ncccn1. The minimum absolute atomic E-state index is 0.116. The van der Waals surface area contributed by atoms with Gasteiger partial charge in [0, 0.05) is 38.2 Å². The standard InChI is InChI=1S/C33H31N3O5S/c1-36(42(39,40)32-34-18-9-19-35-32)27-15-8-14-26(20-27)28(25-16-17-25)29-30(37)33(41-31(29)38,21-23-10-4-2-5-11-23)22-24-12-6-3-7-13-24/h2-15,18-20,25,28-29H,16-17,21-22H2,1H3. The molecule has 2 aliphatic rings. The van der Waals surface area contributed by atoms with E-state index >= 15 is 0 Å². The van der Waals surface area contributed by atoms with Crippen LogP contribution in [0.3, 0.4) is 0 Å². The fourth-order valence-corrected chi connectivity index (χ4v) is 6.99. The Hall–Kier alpha value is -4.37. The van der Waals surface area contributed by atoms with Gasteiger partial charge < -0.3 is 4.74 Å². The minimum Gasteiger partial charge on any atom is -0.450 e. The summed E-state index contributed by atoms with van der Waals surface area (Å²) in [5, 5.41) is -0.308. The van der Waals surface area contributed by atoms with Crippen LogP contribution in [0, 0.1) is 11.8 Å². The summed E-state index contributed by atoms with van der Waals surface area (Å²) in [6.45, 7) is 0. The number of carbonyl (C=O) groups is 2. The van der Waals surface area contributed by atoms with E-state index in [0.29, 0.717) is 5.69 Å². The summed E-state index contributed by atoms with van der Waals surface area (Å²) < 4.78 is 33.7. The zero-order chi connectivity index (χ0) is 29.3. The smallest absolute Gasteiger partial charge is 0.318 e. The average Bonchev–Trinajstić information content (AvgIpc) is 3.82. The summed E-state index contributed by atoms with van der Waals surface area (Å²) in [6.07, 6.45) is 5.06. The Morgan fingerprint density at radius 3 is 2.02 bits per heavy atom. The number of aromatic nitrogens is 2. The predicted octanol–water partition coefficient (Wildman–Crippen LogP) is 4.76. The van der Waals surface area contributed by atoms with Crippen LogP contribution in [-0.2, 0) is 37.2 Å². The fourth-order valence-electron chi connectivity index (χ4n) is 5.97. The van der Waals surface area contributed by atoms with Crippen molar-refractivity contribution in [2.75, 3.05) is 11.4 Å². The van der Waals surface area contributed by atoms with Gasteiger partial charge in [-0.05, 0) is 53.6 Å². The molecule has 1 saturated heterocycles. The largest absolute Gasteiger partial charge is 0.450 e. The zero-order valence-corrected chi connectivity index (χ0v) is 24.0. The van der Waals surface area contributed by atoms with Gasteiger partial charge in [0.2, 0.25) is 0 Å². The van der Waals surface area contributed by atoms with E-state index in [9.17, 15) is 18.0 Å². The van der Waals surface area contributed by atoms with Gasteiger partial charge in [-0.2, -0.15) is 8.42 Å². The lowest BCUT2D eigenvalue weighted by molar-refractivity contribution is -0.152. The van der Waals surface area contributed by atoms with Crippen molar-refractivity contribution in [2.24, 2.45) is 11.8 Å². The highest BCUT2D eigenvalue weighted by molar-refractivity contribution is 7.92. The molecule has 1 aromatic heterocycles. The van der Waals surface area contributed by atoms with Gasteiger partial charge >= 0.3 is 5.97 Å². The second kappa shape index (κ2) is 11.1. The average molecular weight is 582 g/mol. The minimum atomic E-state index is -4.01. The van der Waals surface area contributed by atoms with Crippen LogP contribution in [0.1, 0.15) is 35.4 Å². The van der Waals surface area contributed by atoms with Gasteiger partial charge in [0.1, 0.15) is 5.92 Å². The summed E-state index contributed by atoms with van der Waals surface area (Å²) >= 11 is 0.